The minimum atomic E-state index is -4.06. The lowest BCUT2D eigenvalue weighted by Crippen LogP contribution is -2.10. The van der Waals surface area contributed by atoms with Crippen molar-refractivity contribution in [2.75, 3.05) is 0 Å². The van der Waals surface area contributed by atoms with Crippen molar-refractivity contribution in [1.82, 2.24) is 0 Å². The molecule has 0 bridgehead atoms. The molecule has 0 saturated carbocycles. The molecule has 0 atom stereocenters. The minimum absolute atomic E-state index is 0.0438. The maximum Gasteiger partial charge on any atom is 0.339 e. The van der Waals surface area contributed by atoms with Gasteiger partial charge in [0.15, 0.2) is 5.75 Å². The second kappa shape index (κ2) is 9.31. The summed E-state index contributed by atoms with van der Waals surface area (Å²) < 4.78 is 30.4. The summed E-state index contributed by atoms with van der Waals surface area (Å²) in [6, 6.07) is 17.9. The van der Waals surface area contributed by atoms with E-state index in [1.165, 1.54) is 54.6 Å². The van der Waals surface area contributed by atoms with E-state index in [4.69, 9.17) is 15.8 Å². The fourth-order valence-corrected chi connectivity index (χ4v) is 4.21. The van der Waals surface area contributed by atoms with Gasteiger partial charge in [-0.15, -0.1) is 0 Å². The molecule has 0 radical (unpaired) electrons. The number of nitriles is 1. The van der Waals surface area contributed by atoms with E-state index in [2.05, 4.69) is 22.0 Å². The van der Waals surface area contributed by atoms with Crippen LogP contribution in [0.1, 0.15) is 11.1 Å². The molecule has 0 aliphatic rings. The summed E-state index contributed by atoms with van der Waals surface area (Å²) in [7, 11) is -4.06. The lowest BCUT2D eigenvalue weighted by molar-refractivity contribution is -0.384. The number of nitro benzene ring substituents is 1. The Kier molecular flexibility index (Phi) is 6.75. The molecule has 10 heteroatoms. The van der Waals surface area contributed by atoms with Crippen LogP contribution >= 0.6 is 27.5 Å². The molecule has 0 aliphatic carbocycles. The van der Waals surface area contributed by atoms with Crippen molar-refractivity contribution in [2.24, 2.45) is 0 Å². The Balaban J connectivity index is 1.86. The highest BCUT2D eigenvalue weighted by molar-refractivity contribution is 9.10. The molecule has 3 rings (SSSR count). The number of hydrogen-bond acceptors (Lipinski definition) is 6. The Morgan fingerprint density at radius 2 is 1.74 bits per heavy atom. The Hall–Kier alpha value is -3.19. The predicted molar refractivity (Wildman–Crippen MR) is 120 cm³/mol. The predicted octanol–water partition coefficient (Wildman–Crippen LogP) is 5.84. The Morgan fingerprint density at radius 3 is 2.29 bits per heavy atom. The normalized spacial score (nSPS) is 11.6. The highest BCUT2D eigenvalue weighted by Crippen LogP contribution is 2.31. The number of halogens is 2. The van der Waals surface area contributed by atoms with Gasteiger partial charge in [0.2, 0.25) is 0 Å². The van der Waals surface area contributed by atoms with Gasteiger partial charge in [-0.1, -0.05) is 17.7 Å². The Bertz CT molecular complexity index is 1320. The monoisotopic (exact) mass is 518 g/mol. The third kappa shape index (κ3) is 5.49. The molecular weight excluding hydrogens is 508 g/mol. The summed E-state index contributed by atoms with van der Waals surface area (Å²) in [5.74, 6) is 0.0703. The molecule has 0 aromatic heterocycles. The summed E-state index contributed by atoms with van der Waals surface area (Å²) in [4.78, 5) is 10.2. The van der Waals surface area contributed by atoms with E-state index in [9.17, 15) is 23.8 Å². The average molecular weight is 520 g/mol. The molecular formula is C21H12BrClN2O5S. The summed E-state index contributed by atoms with van der Waals surface area (Å²) >= 11 is 9.06. The molecule has 0 spiro atoms. The van der Waals surface area contributed by atoms with Crippen LogP contribution in [-0.2, 0) is 10.1 Å². The van der Waals surface area contributed by atoms with Gasteiger partial charge in [-0.2, -0.15) is 13.7 Å². The van der Waals surface area contributed by atoms with E-state index >= 15 is 0 Å². The number of non-ortho nitro benzene ring substituents is 1. The van der Waals surface area contributed by atoms with E-state index in [1.807, 2.05) is 0 Å². The third-order valence-corrected chi connectivity index (χ3v) is 6.20. The molecule has 3 aromatic carbocycles. The van der Waals surface area contributed by atoms with Crippen molar-refractivity contribution < 1.29 is 17.5 Å². The van der Waals surface area contributed by atoms with Crippen molar-refractivity contribution in [2.45, 2.75) is 4.90 Å². The van der Waals surface area contributed by atoms with E-state index in [0.717, 1.165) is 0 Å². The van der Waals surface area contributed by atoms with Gasteiger partial charge >= 0.3 is 10.1 Å². The van der Waals surface area contributed by atoms with Gasteiger partial charge < -0.3 is 4.18 Å². The van der Waals surface area contributed by atoms with Crippen molar-refractivity contribution >= 4 is 55.0 Å². The van der Waals surface area contributed by atoms with Crippen LogP contribution in [0.25, 0.3) is 11.6 Å². The summed E-state index contributed by atoms with van der Waals surface area (Å²) in [5.41, 5.74) is 1.31. The summed E-state index contributed by atoms with van der Waals surface area (Å²) in [5, 5.41) is 20.6. The highest BCUT2D eigenvalue weighted by Gasteiger charge is 2.18. The van der Waals surface area contributed by atoms with Crippen molar-refractivity contribution in [3.05, 3.63) is 97.5 Å². The fraction of sp³-hybridized carbons (Fsp3) is 0. The first kappa shape index (κ1) is 22.5. The molecule has 7 nitrogen and oxygen atoms in total. The molecule has 0 saturated heterocycles. The topological polar surface area (TPSA) is 110 Å². The summed E-state index contributed by atoms with van der Waals surface area (Å²) in [6.45, 7) is 0. The fourth-order valence-electron chi connectivity index (χ4n) is 2.55. The third-order valence-electron chi connectivity index (χ3n) is 4.08. The first-order valence-corrected chi connectivity index (χ1v) is 11.1. The van der Waals surface area contributed by atoms with Gasteiger partial charge in [-0.3, -0.25) is 10.1 Å². The zero-order valence-electron chi connectivity index (χ0n) is 15.5. The Morgan fingerprint density at radius 1 is 1.10 bits per heavy atom. The molecule has 0 unspecified atom stereocenters. The van der Waals surface area contributed by atoms with Crippen molar-refractivity contribution in [3.8, 4) is 11.8 Å². The number of rotatable bonds is 6. The second-order valence-electron chi connectivity index (χ2n) is 6.16. The van der Waals surface area contributed by atoms with Gasteiger partial charge in [-0.25, -0.2) is 0 Å². The van der Waals surface area contributed by atoms with Crippen LogP contribution in [0.15, 0.2) is 76.1 Å². The van der Waals surface area contributed by atoms with Crippen LogP contribution in [0.2, 0.25) is 5.02 Å². The van der Waals surface area contributed by atoms with Crippen molar-refractivity contribution in [1.29, 1.82) is 5.26 Å². The van der Waals surface area contributed by atoms with Crippen LogP contribution in [0, 0.1) is 21.4 Å². The largest absolute Gasteiger partial charge is 0.378 e. The van der Waals surface area contributed by atoms with Gasteiger partial charge in [-0.05, 0) is 81.7 Å². The van der Waals surface area contributed by atoms with Crippen LogP contribution in [0.3, 0.4) is 0 Å². The first-order chi connectivity index (χ1) is 14.7. The number of nitro groups is 1. The lowest BCUT2D eigenvalue weighted by atomic mass is 10.0. The maximum absolute atomic E-state index is 12.4. The van der Waals surface area contributed by atoms with E-state index in [1.54, 1.807) is 18.2 Å². The number of nitrogens with zero attached hydrogens (tertiary/aromatic N) is 2. The first-order valence-electron chi connectivity index (χ1n) is 8.56. The Labute approximate surface area is 191 Å². The zero-order chi connectivity index (χ0) is 22.6. The molecule has 0 N–H and O–H groups in total. The van der Waals surface area contributed by atoms with Gasteiger partial charge in [0.05, 0.1) is 21.0 Å². The van der Waals surface area contributed by atoms with Crippen LogP contribution < -0.4 is 4.18 Å². The van der Waals surface area contributed by atoms with E-state index in [-0.39, 0.29) is 21.9 Å². The number of hydrogen-bond donors (Lipinski definition) is 0. The van der Waals surface area contributed by atoms with E-state index < -0.39 is 15.0 Å². The zero-order valence-corrected chi connectivity index (χ0v) is 18.7. The average Bonchev–Trinajstić information content (AvgIpc) is 2.74. The molecule has 156 valence electrons. The molecule has 3 aromatic rings. The summed E-state index contributed by atoms with van der Waals surface area (Å²) in [6.07, 6.45) is 1.57. The maximum atomic E-state index is 12.4. The van der Waals surface area contributed by atoms with Crippen molar-refractivity contribution in [3.63, 3.8) is 0 Å². The van der Waals surface area contributed by atoms with Crippen LogP contribution in [0.4, 0.5) is 5.69 Å². The van der Waals surface area contributed by atoms with E-state index in [0.29, 0.717) is 20.6 Å². The smallest absolute Gasteiger partial charge is 0.339 e. The number of benzene rings is 3. The van der Waals surface area contributed by atoms with Crippen LogP contribution in [-0.4, -0.2) is 13.3 Å². The second-order valence-corrected chi connectivity index (χ2v) is 8.99. The highest BCUT2D eigenvalue weighted by atomic mass is 79.9. The molecule has 31 heavy (non-hydrogen) atoms. The standard InChI is InChI=1S/C21H12BrClN2O5S/c22-20-12-14(11-16(13-24)15-2-6-18(7-3-15)25(26)27)1-10-21(20)30-31(28,29)19-8-4-17(23)5-9-19/h1-12H/b16-11+. The molecule has 0 heterocycles. The lowest BCUT2D eigenvalue weighted by Gasteiger charge is -2.09. The molecule has 0 fully saturated rings. The molecule has 0 aliphatic heterocycles. The van der Waals surface area contributed by atoms with Gasteiger partial charge in [0, 0.05) is 17.2 Å². The minimum Gasteiger partial charge on any atom is -0.378 e. The quantitative estimate of drug-likeness (QED) is 0.133. The molecule has 0 amide bonds. The van der Waals surface area contributed by atoms with Crippen LogP contribution in [0.5, 0.6) is 5.75 Å². The van der Waals surface area contributed by atoms with Gasteiger partial charge in [0.25, 0.3) is 5.69 Å². The number of allylic oxidation sites excluding steroid dienone is 1. The SMILES string of the molecule is N#C/C(=C\c1ccc(OS(=O)(=O)c2ccc(Cl)cc2)c(Br)c1)c1ccc([N+](=O)[O-])cc1. The van der Waals surface area contributed by atoms with Gasteiger partial charge in [0.1, 0.15) is 4.90 Å².